The topological polar surface area (TPSA) is 42.1 Å². The van der Waals surface area contributed by atoms with Crippen molar-refractivity contribution in [3.05, 3.63) is 59.9 Å². The molecule has 2 N–H and O–H groups in total. The molecule has 1 aliphatic heterocycles. The van der Waals surface area contributed by atoms with E-state index in [0.29, 0.717) is 6.04 Å². The van der Waals surface area contributed by atoms with Crippen LogP contribution in [0.1, 0.15) is 30.0 Å². The van der Waals surface area contributed by atoms with Gasteiger partial charge in [-0.25, -0.2) is 0 Å². The van der Waals surface area contributed by atoms with Crippen LogP contribution in [-0.4, -0.2) is 16.4 Å². The van der Waals surface area contributed by atoms with Gasteiger partial charge in [0.1, 0.15) is 0 Å². The maximum absolute atomic E-state index is 5.85. The van der Waals surface area contributed by atoms with Gasteiger partial charge in [-0.3, -0.25) is 9.88 Å². The Hall–Kier alpha value is -1.58. The Kier molecular flexibility index (Phi) is 4.99. The van der Waals surface area contributed by atoms with Gasteiger partial charge >= 0.3 is 0 Å². The fraction of sp³-hybridized carbons (Fsp3) is 0.312. The SMILES string of the molecule is Cl.Nc1cccc(CN2CCCC2c2ccncc2)c1. The second kappa shape index (κ2) is 6.73. The molecule has 0 amide bonds. The normalized spacial score (nSPS) is 18.7. The lowest BCUT2D eigenvalue weighted by Crippen LogP contribution is -2.22. The van der Waals surface area contributed by atoms with Crippen molar-refractivity contribution in [2.24, 2.45) is 0 Å². The van der Waals surface area contributed by atoms with Crippen LogP contribution in [-0.2, 0) is 6.54 Å². The van der Waals surface area contributed by atoms with E-state index in [1.54, 1.807) is 0 Å². The van der Waals surface area contributed by atoms with E-state index in [-0.39, 0.29) is 12.4 Å². The average Bonchev–Trinajstić information content (AvgIpc) is 2.88. The molecule has 3 nitrogen and oxygen atoms in total. The van der Waals surface area contributed by atoms with E-state index in [9.17, 15) is 0 Å². The summed E-state index contributed by atoms with van der Waals surface area (Å²) in [4.78, 5) is 6.63. The smallest absolute Gasteiger partial charge is 0.0353 e. The molecule has 1 aromatic carbocycles. The monoisotopic (exact) mass is 289 g/mol. The van der Waals surface area contributed by atoms with Crippen molar-refractivity contribution < 1.29 is 0 Å². The number of anilines is 1. The number of hydrogen-bond acceptors (Lipinski definition) is 3. The maximum Gasteiger partial charge on any atom is 0.0353 e. The Bertz CT molecular complexity index is 544. The van der Waals surface area contributed by atoms with Gasteiger partial charge < -0.3 is 5.73 Å². The van der Waals surface area contributed by atoms with Crippen LogP contribution in [0.4, 0.5) is 5.69 Å². The highest BCUT2D eigenvalue weighted by Crippen LogP contribution is 2.32. The van der Waals surface area contributed by atoms with Gasteiger partial charge in [-0.15, -0.1) is 12.4 Å². The highest BCUT2D eigenvalue weighted by atomic mass is 35.5. The Morgan fingerprint density at radius 3 is 2.75 bits per heavy atom. The lowest BCUT2D eigenvalue weighted by molar-refractivity contribution is 0.248. The fourth-order valence-corrected chi connectivity index (χ4v) is 2.90. The molecule has 1 aromatic heterocycles. The molecule has 2 aromatic rings. The van der Waals surface area contributed by atoms with Crippen LogP contribution in [0, 0.1) is 0 Å². The van der Waals surface area contributed by atoms with E-state index < -0.39 is 0 Å². The number of nitrogens with zero attached hydrogens (tertiary/aromatic N) is 2. The first-order valence-electron chi connectivity index (χ1n) is 6.81. The summed E-state index contributed by atoms with van der Waals surface area (Å²) in [5.41, 5.74) is 9.36. The van der Waals surface area contributed by atoms with E-state index in [1.807, 2.05) is 24.5 Å². The van der Waals surface area contributed by atoms with E-state index >= 15 is 0 Å². The van der Waals surface area contributed by atoms with E-state index in [0.717, 1.165) is 18.8 Å². The van der Waals surface area contributed by atoms with Crippen LogP contribution in [0.3, 0.4) is 0 Å². The molecule has 0 spiro atoms. The van der Waals surface area contributed by atoms with Gasteiger partial charge in [0.05, 0.1) is 0 Å². The first-order valence-corrected chi connectivity index (χ1v) is 6.81. The third-order valence-electron chi connectivity index (χ3n) is 3.79. The summed E-state index contributed by atoms with van der Waals surface area (Å²) in [5.74, 6) is 0. The van der Waals surface area contributed by atoms with Crippen LogP contribution in [0.2, 0.25) is 0 Å². The van der Waals surface area contributed by atoms with Gasteiger partial charge in [-0.2, -0.15) is 0 Å². The summed E-state index contributed by atoms with van der Waals surface area (Å²) < 4.78 is 0. The Labute approximate surface area is 126 Å². The summed E-state index contributed by atoms with van der Waals surface area (Å²) in [6.07, 6.45) is 6.25. The van der Waals surface area contributed by atoms with Crippen molar-refractivity contribution in [3.63, 3.8) is 0 Å². The first-order chi connectivity index (χ1) is 9.33. The Morgan fingerprint density at radius 1 is 1.20 bits per heavy atom. The van der Waals surface area contributed by atoms with Gasteiger partial charge in [0.15, 0.2) is 0 Å². The van der Waals surface area contributed by atoms with Crippen LogP contribution in [0.5, 0.6) is 0 Å². The second-order valence-corrected chi connectivity index (χ2v) is 5.15. The Morgan fingerprint density at radius 2 is 2.00 bits per heavy atom. The molecular weight excluding hydrogens is 270 g/mol. The van der Waals surface area contributed by atoms with Gasteiger partial charge in [-0.1, -0.05) is 12.1 Å². The molecular formula is C16H20ClN3. The molecule has 106 valence electrons. The zero-order valence-electron chi connectivity index (χ0n) is 11.4. The van der Waals surface area contributed by atoms with Crippen LogP contribution in [0.25, 0.3) is 0 Å². The number of halogens is 1. The molecule has 0 bridgehead atoms. The minimum absolute atomic E-state index is 0. The zero-order valence-corrected chi connectivity index (χ0v) is 12.2. The lowest BCUT2D eigenvalue weighted by atomic mass is 10.1. The van der Waals surface area contributed by atoms with Crippen molar-refractivity contribution in [3.8, 4) is 0 Å². The molecule has 20 heavy (non-hydrogen) atoms. The summed E-state index contributed by atoms with van der Waals surface area (Å²) >= 11 is 0. The predicted octanol–water partition coefficient (Wildman–Crippen LogP) is 3.42. The summed E-state index contributed by atoms with van der Waals surface area (Å²) in [6, 6.07) is 13.0. The molecule has 2 heterocycles. The van der Waals surface area contributed by atoms with Crippen molar-refractivity contribution in [1.29, 1.82) is 0 Å². The fourth-order valence-electron chi connectivity index (χ4n) is 2.90. The van der Waals surface area contributed by atoms with Crippen molar-refractivity contribution in [2.45, 2.75) is 25.4 Å². The molecule has 3 rings (SSSR count). The molecule has 1 atom stereocenters. The molecule has 4 heteroatoms. The van der Waals surface area contributed by atoms with Crippen LogP contribution < -0.4 is 5.73 Å². The van der Waals surface area contributed by atoms with E-state index in [2.05, 4.69) is 34.1 Å². The van der Waals surface area contributed by atoms with E-state index in [4.69, 9.17) is 5.73 Å². The molecule has 1 fully saturated rings. The van der Waals surface area contributed by atoms with Crippen LogP contribution in [0.15, 0.2) is 48.8 Å². The largest absolute Gasteiger partial charge is 0.399 e. The van der Waals surface area contributed by atoms with E-state index in [1.165, 1.54) is 24.0 Å². The quantitative estimate of drug-likeness (QED) is 0.880. The number of pyridine rings is 1. The second-order valence-electron chi connectivity index (χ2n) is 5.15. The minimum atomic E-state index is 0. The molecule has 1 saturated heterocycles. The number of aromatic nitrogens is 1. The number of hydrogen-bond donors (Lipinski definition) is 1. The molecule has 0 saturated carbocycles. The number of likely N-dealkylation sites (tertiary alicyclic amines) is 1. The first kappa shape index (κ1) is 14.8. The standard InChI is InChI=1S/C16H19N3.ClH/c17-15-4-1-3-13(11-15)12-19-10-2-5-16(19)14-6-8-18-9-7-14;/h1,3-4,6-9,11,16H,2,5,10,12,17H2;1H. The highest BCUT2D eigenvalue weighted by Gasteiger charge is 2.25. The highest BCUT2D eigenvalue weighted by molar-refractivity contribution is 5.85. The third kappa shape index (κ3) is 3.30. The van der Waals surface area contributed by atoms with Gasteiger partial charge in [0.25, 0.3) is 0 Å². The molecule has 1 aliphatic rings. The van der Waals surface area contributed by atoms with Gasteiger partial charge in [-0.05, 0) is 54.8 Å². The summed E-state index contributed by atoms with van der Waals surface area (Å²) in [5, 5.41) is 0. The van der Waals surface area contributed by atoms with Crippen molar-refractivity contribution in [2.75, 3.05) is 12.3 Å². The van der Waals surface area contributed by atoms with Crippen molar-refractivity contribution >= 4 is 18.1 Å². The zero-order chi connectivity index (χ0) is 13.1. The molecule has 1 unspecified atom stereocenters. The molecule has 0 radical (unpaired) electrons. The van der Waals surface area contributed by atoms with Gasteiger partial charge in [0.2, 0.25) is 0 Å². The summed E-state index contributed by atoms with van der Waals surface area (Å²) in [6.45, 7) is 2.12. The molecule has 0 aliphatic carbocycles. The number of nitrogen functional groups attached to an aromatic ring is 1. The third-order valence-corrected chi connectivity index (χ3v) is 3.79. The number of benzene rings is 1. The number of nitrogens with two attached hydrogens (primary N) is 1. The van der Waals surface area contributed by atoms with Crippen LogP contribution >= 0.6 is 12.4 Å². The predicted molar refractivity (Wildman–Crippen MR) is 84.7 cm³/mol. The van der Waals surface area contributed by atoms with Crippen molar-refractivity contribution in [1.82, 2.24) is 9.88 Å². The maximum atomic E-state index is 5.85. The average molecular weight is 290 g/mol. The minimum Gasteiger partial charge on any atom is -0.399 e. The van der Waals surface area contributed by atoms with Gasteiger partial charge in [0, 0.05) is 30.7 Å². The summed E-state index contributed by atoms with van der Waals surface area (Å²) in [7, 11) is 0. The Balaban J connectivity index is 0.00000147. The number of rotatable bonds is 3. The lowest BCUT2D eigenvalue weighted by Gasteiger charge is -2.24.